The van der Waals surface area contributed by atoms with E-state index in [4.69, 9.17) is 0 Å². The molecule has 1 rings (SSSR count). The smallest absolute Gasteiger partial charge is 0.417 e. The minimum atomic E-state index is 0.458. The van der Waals surface area contributed by atoms with Crippen LogP contribution in [-0.2, 0) is 16.0 Å². The van der Waals surface area contributed by atoms with E-state index in [1.54, 1.807) is 0 Å². The van der Waals surface area contributed by atoms with E-state index in [0.29, 0.717) is 6.61 Å². The van der Waals surface area contributed by atoms with Gasteiger partial charge in [0.05, 0.1) is 6.61 Å². The molecule has 0 spiro atoms. The molecule has 0 atom stereocenters. The highest BCUT2D eigenvalue weighted by Gasteiger charge is 1.87. The van der Waals surface area contributed by atoms with Gasteiger partial charge in [-0.05, 0) is 24.8 Å². The molecule has 0 bridgehead atoms. The lowest BCUT2D eigenvalue weighted by Crippen LogP contribution is -1.89. The van der Waals surface area contributed by atoms with Gasteiger partial charge >= 0.3 is 6.47 Å². The van der Waals surface area contributed by atoms with Crippen LogP contribution in [0.25, 0.3) is 0 Å². The molecule has 0 aliphatic carbocycles. The number of unbranched alkanes of at least 4 members (excludes halogenated alkanes) is 1. The molecule has 0 N–H and O–H groups in total. The normalized spacial score (nSPS) is 10.4. The van der Waals surface area contributed by atoms with Crippen LogP contribution in [0, 0.1) is 0 Å². The molecule has 2 heteroatoms. The van der Waals surface area contributed by atoms with Gasteiger partial charge in [-0.1, -0.05) is 42.5 Å². The van der Waals surface area contributed by atoms with Crippen LogP contribution in [0.1, 0.15) is 18.4 Å². The summed E-state index contributed by atoms with van der Waals surface area (Å²) in [4.78, 5) is 9.71. The van der Waals surface area contributed by atoms with Crippen molar-refractivity contribution in [1.29, 1.82) is 0 Å². The van der Waals surface area contributed by atoms with Gasteiger partial charge in [-0.3, -0.25) is 0 Å². The Morgan fingerprint density at radius 1 is 1.20 bits per heavy atom. The van der Waals surface area contributed by atoms with Gasteiger partial charge in [0.25, 0.3) is 0 Å². The van der Waals surface area contributed by atoms with E-state index in [-0.39, 0.29) is 0 Å². The van der Waals surface area contributed by atoms with Gasteiger partial charge in [-0.25, -0.2) is 4.79 Å². The van der Waals surface area contributed by atoms with E-state index in [9.17, 15) is 4.79 Å². The van der Waals surface area contributed by atoms with Gasteiger partial charge in [0.2, 0.25) is 0 Å². The monoisotopic (exact) mass is 203 g/mol. The van der Waals surface area contributed by atoms with E-state index in [1.807, 2.05) is 18.2 Å². The van der Waals surface area contributed by atoms with Crippen molar-refractivity contribution in [1.82, 2.24) is 0 Å². The van der Waals surface area contributed by atoms with Crippen LogP contribution >= 0.6 is 0 Å². The van der Waals surface area contributed by atoms with Crippen molar-refractivity contribution in [3.05, 3.63) is 48.0 Å². The first kappa shape index (κ1) is 11.5. The Labute approximate surface area is 90.6 Å². The number of hydrogen-bond donors (Lipinski definition) is 0. The highest BCUT2D eigenvalue weighted by molar-refractivity contribution is 5.38. The van der Waals surface area contributed by atoms with Crippen molar-refractivity contribution in [2.45, 2.75) is 19.3 Å². The minimum absolute atomic E-state index is 0.458. The molecule has 1 aromatic rings. The molecule has 79 valence electrons. The Morgan fingerprint density at radius 2 is 2.00 bits per heavy atom. The summed E-state index contributed by atoms with van der Waals surface area (Å²) in [6.07, 6.45) is 7.01. The lowest BCUT2D eigenvalue weighted by atomic mass is 10.1. The van der Waals surface area contributed by atoms with E-state index in [2.05, 4.69) is 29.0 Å². The van der Waals surface area contributed by atoms with Crippen molar-refractivity contribution >= 4 is 6.47 Å². The molecular weight excluding hydrogens is 188 g/mol. The fourth-order valence-corrected chi connectivity index (χ4v) is 1.27. The van der Waals surface area contributed by atoms with Gasteiger partial charge in [0.1, 0.15) is 0 Å². The van der Waals surface area contributed by atoms with Crippen LogP contribution < -0.4 is 0 Å². The van der Waals surface area contributed by atoms with Crippen molar-refractivity contribution < 1.29 is 9.53 Å². The standard InChI is InChI=1S/C13H15O2/c14-12-15-11-7-2-1-4-8-13-9-5-3-6-10-13/h1,3-6,9-10H,2,7-8,11H2/b4-1+. The highest BCUT2D eigenvalue weighted by Crippen LogP contribution is 2.01. The SMILES string of the molecule is O=[C]OCCC/C=C/Cc1ccccc1. The van der Waals surface area contributed by atoms with Gasteiger partial charge in [-0.2, -0.15) is 0 Å². The molecule has 0 heterocycles. The largest absolute Gasteiger partial charge is 0.457 e. The summed E-state index contributed by atoms with van der Waals surface area (Å²) >= 11 is 0. The van der Waals surface area contributed by atoms with Crippen LogP contribution in [-0.4, -0.2) is 13.1 Å². The molecule has 15 heavy (non-hydrogen) atoms. The summed E-state index contributed by atoms with van der Waals surface area (Å²) in [6, 6.07) is 10.3. The van der Waals surface area contributed by atoms with Crippen molar-refractivity contribution in [3.8, 4) is 0 Å². The fraction of sp³-hybridized carbons (Fsp3) is 0.308. The Balaban J connectivity index is 2.09. The number of benzene rings is 1. The second-order valence-electron chi connectivity index (χ2n) is 3.24. The molecule has 1 radical (unpaired) electrons. The Hall–Kier alpha value is -1.57. The quantitative estimate of drug-likeness (QED) is 0.503. The van der Waals surface area contributed by atoms with E-state index < -0.39 is 0 Å². The molecule has 1 aromatic carbocycles. The zero-order chi connectivity index (χ0) is 10.8. The predicted octanol–water partition coefficient (Wildman–Crippen LogP) is 2.65. The number of ether oxygens (including phenoxy) is 1. The van der Waals surface area contributed by atoms with Gasteiger partial charge in [0, 0.05) is 0 Å². The maximum Gasteiger partial charge on any atom is 0.417 e. The lowest BCUT2D eigenvalue weighted by Gasteiger charge is -1.95. The molecule has 0 fully saturated rings. The predicted molar refractivity (Wildman–Crippen MR) is 60.2 cm³/mol. The van der Waals surface area contributed by atoms with E-state index in [1.165, 1.54) is 12.0 Å². The van der Waals surface area contributed by atoms with Crippen molar-refractivity contribution in [3.63, 3.8) is 0 Å². The third-order valence-corrected chi connectivity index (χ3v) is 2.04. The van der Waals surface area contributed by atoms with Crippen LogP contribution in [0.15, 0.2) is 42.5 Å². The van der Waals surface area contributed by atoms with Crippen LogP contribution in [0.4, 0.5) is 0 Å². The summed E-state index contributed by atoms with van der Waals surface area (Å²) in [5.74, 6) is 0. The number of rotatable bonds is 7. The Bertz CT molecular complexity index is 291. The van der Waals surface area contributed by atoms with Crippen molar-refractivity contribution in [2.24, 2.45) is 0 Å². The first-order valence-electron chi connectivity index (χ1n) is 5.11. The second-order valence-corrected chi connectivity index (χ2v) is 3.24. The minimum Gasteiger partial charge on any atom is -0.457 e. The zero-order valence-corrected chi connectivity index (χ0v) is 8.69. The topological polar surface area (TPSA) is 26.3 Å². The summed E-state index contributed by atoms with van der Waals surface area (Å²) in [5, 5.41) is 0. The van der Waals surface area contributed by atoms with E-state index in [0.717, 1.165) is 19.3 Å². The lowest BCUT2D eigenvalue weighted by molar-refractivity contribution is 0.274. The molecule has 0 amide bonds. The summed E-state index contributed by atoms with van der Waals surface area (Å²) in [5.41, 5.74) is 1.31. The van der Waals surface area contributed by atoms with Crippen molar-refractivity contribution in [2.75, 3.05) is 6.61 Å². The summed E-state index contributed by atoms with van der Waals surface area (Å²) in [7, 11) is 0. The van der Waals surface area contributed by atoms with Crippen LogP contribution in [0.2, 0.25) is 0 Å². The average molecular weight is 203 g/mol. The molecule has 0 aliphatic rings. The molecule has 0 aliphatic heterocycles. The highest BCUT2D eigenvalue weighted by atomic mass is 16.5. The molecule has 0 unspecified atom stereocenters. The van der Waals surface area contributed by atoms with Gasteiger partial charge in [0.15, 0.2) is 0 Å². The second kappa shape index (κ2) is 7.80. The number of hydrogen-bond acceptors (Lipinski definition) is 2. The number of carbonyl (C=O) groups excluding carboxylic acids is 1. The molecule has 0 saturated heterocycles. The first-order valence-corrected chi connectivity index (χ1v) is 5.11. The Morgan fingerprint density at radius 3 is 2.73 bits per heavy atom. The number of allylic oxidation sites excluding steroid dienone is 2. The van der Waals surface area contributed by atoms with Gasteiger partial charge in [-0.15, -0.1) is 0 Å². The first-order chi connectivity index (χ1) is 7.43. The zero-order valence-electron chi connectivity index (χ0n) is 8.69. The Kier molecular flexibility index (Phi) is 5.98. The average Bonchev–Trinajstić information content (AvgIpc) is 2.29. The molecular formula is C13H15O2. The fourth-order valence-electron chi connectivity index (χ4n) is 1.27. The molecule has 0 saturated carbocycles. The van der Waals surface area contributed by atoms with Crippen LogP contribution in [0.5, 0.6) is 0 Å². The van der Waals surface area contributed by atoms with Crippen LogP contribution in [0.3, 0.4) is 0 Å². The molecule has 2 nitrogen and oxygen atoms in total. The van der Waals surface area contributed by atoms with Gasteiger partial charge < -0.3 is 4.74 Å². The third kappa shape index (κ3) is 5.68. The third-order valence-electron chi connectivity index (χ3n) is 2.04. The summed E-state index contributed by atoms with van der Waals surface area (Å²) in [6.45, 7) is 1.87. The molecule has 0 aromatic heterocycles. The maximum absolute atomic E-state index is 9.71. The maximum atomic E-state index is 9.71. The van der Waals surface area contributed by atoms with E-state index >= 15 is 0 Å². The summed E-state index contributed by atoms with van der Waals surface area (Å²) < 4.78 is 4.46.